The normalized spacial score (nSPS) is 16.6. The Bertz CT molecular complexity index is 682. The van der Waals surface area contributed by atoms with Gasteiger partial charge in [0, 0.05) is 26.2 Å². The van der Waals surface area contributed by atoms with Crippen LogP contribution in [0.15, 0.2) is 54.6 Å². The minimum atomic E-state index is -0.799. The number of carboxylic acid groups (broad SMARTS) is 1. The van der Waals surface area contributed by atoms with E-state index in [1.54, 1.807) is 7.11 Å². The number of rotatable bonds is 5. The summed E-state index contributed by atoms with van der Waals surface area (Å²) in [5.41, 5.74) is 1.89. The zero-order chi connectivity index (χ0) is 16.9. The summed E-state index contributed by atoms with van der Waals surface area (Å²) in [6, 6.07) is 16.8. The molecule has 0 radical (unpaired) electrons. The lowest BCUT2D eigenvalue weighted by Gasteiger charge is -2.39. The molecule has 1 fully saturated rings. The van der Waals surface area contributed by atoms with Crippen LogP contribution in [-0.4, -0.2) is 49.3 Å². The molecule has 1 heterocycles. The van der Waals surface area contributed by atoms with Crippen LogP contribution in [0.2, 0.25) is 0 Å². The van der Waals surface area contributed by atoms with E-state index in [0.29, 0.717) is 13.1 Å². The maximum absolute atomic E-state index is 11.8. The maximum atomic E-state index is 11.8. The number of benzene rings is 2. The molecule has 24 heavy (non-hydrogen) atoms. The van der Waals surface area contributed by atoms with Gasteiger partial charge in [0.1, 0.15) is 11.8 Å². The van der Waals surface area contributed by atoms with E-state index in [1.807, 2.05) is 59.5 Å². The van der Waals surface area contributed by atoms with Crippen molar-refractivity contribution in [3.8, 4) is 5.75 Å². The Labute approximate surface area is 142 Å². The largest absolute Gasteiger partial charge is 0.495 e. The van der Waals surface area contributed by atoms with E-state index >= 15 is 0 Å². The zero-order valence-electron chi connectivity index (χ0n) is 13.8. The third kappa shape index (κ3) is 3.36. The fourth-order valence-corrected chi connectivity index (χ4v) is 3.26. The van der Waals surface area contributed by atoms with E-state index < -0.39 is 12.0 Å². The van der Waals surface area contributed by atoms with Crippen molar-refractivity contribution >= 4 is 11.7 Å². The van der Waals surface area contributed by atoms with Crippen LogP contribution in [0.3, 0.4) is 0 Å². The van der Waals surface area contributed by atoms with Crippen LogP contribution in [0.1, 0.15) is 11.6 Å². The van der Waals surface area contributed by atoms with Crippen LogP contribution < -0.4 is 9.64 Å². The first kappa shape index (κ1) is 16.3. The van der Waals surface area contributed by atoms with Crippen LogP contribution in [0.5, 0.6) is 5.75 Å². The van der Waals surface area contributed by atoms with E-state index in [-0.39, 0.29) is 0 Å². The fourth-order valence-electron chi connectivity index (χ4n) is 3.26. The third-order valence-corrected chi connectivity index (χ3v) is 4.45. The highest BCUT2D eigenvalue weighted by Crippen LogP contribution is 2.30. The number of carbonyl (C=O) groups is 1. The molecule has 126 valence electrons. The molecule has 0 saturated carbocycles. The average molecular weight is 326 g/mol. The minimum absolute atomic E-state index is 0.592. The van der Waals surface area contributed by atoms with Gasteiger partial charge >= 0.3 is 5.97 Å². The molecule has 1 atom stereocenters. The summed E-state index contributed by atoms with van der Waals surface area (Å²) >= 11 is 0. The van der Waals surface area contributed by atoms with Crippen LogP contribution in [0.25, 0.3) is 0 Å². The number of anilines is 1. The number of nitrogens with zero attached hydrogens (tertiary/aromatic N) is 2. The van der Waals surface area contributed by atoms with Crippen LogP contribution in [0, 0.1) is 0 Å². The monoisotopic (exact) mass is 326 g/mol. The number of hydrogen-bond donors (Lipinski definition) is 1. The van der Waals surface area contributed by atoms with Crippen molar-refractivity contribution in [2.24, 2.45) is 0 Å². The Hall–Kier alpha value is -2.53. The molecule has 0 aromatic heterocycles. The first-order valence-electron chi connectivity index (χ1n) is 8.10. The molecular weight excluding hydrogens is 304 g/mol. The van der Waals surface area contributed by atoms with Crippen molar-refractivity contribution in [1.82, 2.24) is 4.90 Å². The summed E-state index contributed by atoms with van der Waals surface area (Å²) in [7, 11) is 1.67. The first-order chi connectivity index (χ1) is 11.7. The maximum Gasteiger partial charge on any atom is 0.325 e. The Morgan fingerprint density at radius 3 is 2.25 bits per heavy atom. The number of ether oxygens (including phenoxy) is 1. The van der Waals surface area contributed by atoms with Crippen LogP contribution >= 0.6 is 0 Å². The molecule has 1 unspecified atom stereocenters. The van der Waals surface area contributed by atoms with Crippen molar-refractivity contribution in [3.63, 3.8) is 0 Å². The van der Waals surface area contributed by atoms with Crippen LogP contribution in [-0.2, 0) is 4.79 Å². The predicted molar refractivity (Wildman–Crippen MR) is 93.6 cm³/mol. The second kappa shape index (κ2) is 7.36. The number of carboxylic acids is 1. The molecule has 0 spiro atoms. The lowest BCUT2D eigenvalue weighted by atomic mass is 10.0. The van der Waals surface area contributed by atoms with Crippen molar-refractivity contribution in [3.05, 3.63) is 60.2 Å². The Balaban J connectivity index is 1.73. The van der Waals surface area contributed by atoms with Crippen LogP contribution in [0.4, 0.5) is 5.69 Å². The average Bonchev–Trinajstić information content (AvgIpc) is 2.63. The molecule has 1 aliphatic rings. The van der Waals surface area contributed by atoms with Gasteiger partial charge in [-0.2, -0.15) is 0 Å². The number of methoxy groups -OCH3 is 1. The van der Waals surface area contributed by atoms with E-state index in [2.05, 4.69) is 4.90 Å². The first-order valence-corrected chi connectivity index (χ1v) is 8.10. The van der Waals surface area contributed by atoms with Crippen molar-refractivity contribution in [1.29, 1.82) is 0 Å². The summed E-state index contributed by atoms with van der Waals surface area (Å²) in [6.45, 7) is 2.95. The second-order valence-electron chi connectivity index (χ2n) is 5.85. The molecule has 5 heteroatoms. The highest BCUT2D eigenvalue weighted by Gasteiger charge is 2.30. The van der Waals surface area contributed by atoms with Crippen molar-refractivity contribution < 1.29 is 14.6 Å². The molecule has 1 saturated heterocycles. The molecule has 1 N–H and O–H groups in total. The lowest BCUT2D eigenvalue weighted by molar-refractivity contribution is -0.143. The summed E-state index contributed by atoms with van der Waals surface area (Å²) in [5, 5.41) is 9.67. The molecule has 2 aromatic rings. The molecular formula is C19H22N2O3. The quantitative estimate of drug-likeness (QED) is 0.915. The standard InChI is InChI=1S/C19H22N2O3/c1-24-17-10-6-5-9-16(17)20-11-13-21(14-12-20)18(19(22)23)15-7-3-2-4-8-15/h2-10,18H,11-14H2,1H3,(H,22,23). The predicted octanol–water partition coefficient (Wildman–Crippen LogP) is 2.64. The summed E-state index contributed by atoms with van der Waals surface area (Å²) in [4.78, 5) is 16.1. The number of para-hydroxylation sites is 2. The summed E-state index contributed by atoms with van der Waals surface area (Å²) in [6.07, 6.45) is 0. The van der Waals surface area contributed by atoms with Gasteiger partial charge in [0.25, 0.3) is 0 Å². The van der Waals surface area contributed by atoms with Gasteiger partial charge in [-0.25, -0.2) is 0 Å². The van der Waals surface area contributed by atoms with Gasteiger partial charge in [-0.3, -0.25) is 9.69 Å². The molecule has 0 aliphatic carbocycles. The third-order valence-electron chi connectivity index (χ3n) is 4.45. The molecule has 0 amide bonds. The smallest absolute Gasteiger partial charge is 0.325 e. The van der Waals surface area contributed by atoms with Gasteiger partial charge in [-0.1, -0.05) is 42.5 Å². The van der Waals surface area contributed by atoms with Gasteiger partial charge in [0.15, 0.2) is 0 Å². The van der Waals surface area contributed by atoms with Gasteiger partial charge in [-0.15, -0.1) is 0 Å². The van der Waals surface area contributed by atoms with E-state index in [9.17, 15) is 9.90 Å². The van der Waals surface area contributed by atoms with E-state index in [4.69, 9.17) is 4.74 Å². The topological polar surface area (TPSA) is 53.0 Å². The van der Waals surface area contributed by atoms with Gasteiger partial charge in [0.05, 0.1) is 12.8 Å². The molecule has 1 aliphatic heterocycles. The summed E-state index contributed by atoms with van der Waals surface area (Å²) < 4.78 is 5.43. The molecule has 5 nitrogen and oxygen atoms in total. The number of aliphatic carboxylic acids is 1. The second-order valence-corrected chi connectivity index (χ2v) is 5.85. The summed E-state index contributed by atoms with van der Waals surface area (Å²) in [5.74, 6) is 0.0516. The Morgan fingerprint density at radius 2 is 1.62 bits per heavy atom. The molecule has 2 aromatic carbocycles. The zero-order valence-corrected chi connectivity index (χ0v) is 13.8. The highest BCUT2D eigenvalue weighted by molar-refractivity contribution is 5.75. The van der Waals surface area contributed by atoms with Gasteiger partial charge in [0.2, 0.25) is 0 Å². The fraction of sp³-hybridized carbons (Fsp3) is 0.316. The molecule has 3 rings (SSSR count). The lowest BCUT2D eigenvalue weighted by Crippen LogP contribution is -2.49. The van der Waals surface area contributed by atoms with E-state index in [1.165, 1.54) is 0 Å². The number of hydrogen-bond acceptors (Lipinski definition) is 4. The minimum Gasteiger partial charge on any atom is -0.495 e. The number of piperazine rings is 1. The van der Waals surface area contributed by atoms with Crippen molar-refractivity contribution in [2.45, 2.75) is 6.04 Å². The van der Waals surface area contributed by atoms with Gasteiger partial charge < -0.3 is 14.7 Å². The van der Waals surface area contributed by atoms with Gasteiger partial charge in [-0.05, 0) is 17.7 Å². The SMILES string of the molecule is COc1ccccc1N1CCN(C(C(=O)O)c2ccccc2)CC1. The molecule has 0 bridgehead atoms. The highest BCUT2D eigenvalue weighted by atomic mass is 16.5. The Kier molecular flexibility index (Phi) is 5.01. The Morgan fingerprint density at radius 1 is 1.00 bits per heavy atom. The van der Waals surface area contributed by atoms with E-state index in [0.717, 1.165) is 30.1 Å². The van der Waals surface area contributed by atoms with Crippen molar-refractivity contribution in [2.75, 3.05) is 38.2 Å².